The second kappa shape index (κ2) is 9.46. The average molecular weight is 563 g/mol. The number of anilines is 2. The highest BCUT2D eigenvalue weighted by Crippen LogP contribution is 2.36. The summed E-state index contributed by atoms with van der Waals surface area (Å²) >= 11 is 2.24. The van der Waals surface area contributed by atoms with E-state index >= 15 is 0 Å². The number of hydrogen-bond donors (Lipinski definition) is 1. The summed E-state index contributed by atoms with van der Waals surface area (Å²) in [6, 6.07) is 9.72. The van der Waals surface area contributed by atoms with Crippen molar-refractivity contribution in [3.8, 4) is 5.88 Å². The van der Waals surface area contributed by atoms with Gasteiger partial charge in [-0.3, -0.25) is 0 Å². The summed E-state index contributed by atoms with van der Waals surface area (Å²) in [5, 5.41) is 4.45. The van der Waals surface area contributed by atoms with Gasteiger partial charge in [-0.2, -0.15) is 14.6 Å². The lowest BCUT2D eigenvalue weighted by atomic mass is 9.94. The van der Waals surface area contributed by atoms with E-state index in [0.717, 1.165) is 29.3 Å². The van der Waals surface area contributed by atoms with E-state index in [0.29, 0.717) is 28.6 Å². The highest BCUT2D eigenvalue weighted by molar-refractivity contribution is 14.1. The largest absolute Gasteiger partial charge is 0.474 e. The first-order chi connectivity index (χ1) is 15.6. The predicted octanol–water partition coefficient (Wildman–Crippen LogP) is 5.36. The summed E-state index contributed by atoms with van der Waals surface area (Å²) < 4.78 is 14.9. The summed E-state index contributed by atoms with van der Waals surface area (Å²) in [5.74, 6) is 1.04. The number of benzene rings is 1. The molecular weight excluding hydrogens is 533 g/mol. The molecule has 0 bridgehead atoms. The first-order valence-corrected chi connectivity index (χ1v) is 12.3. The SMILES string of the molecule is Cc1c(O[C@H]2CC[C@H](N)CC2)nc2ccnn2c1N(C(=O)OC(C)(C)C)c1ccc(I)cc1. The van der Waals surface area contributed by atoms with E-state index in [4.69, 9.17) is 20.2 Å². The molecule has 0 aliphatic heterocycles. The second-order valence-electron chi connectivity index (χ2n) is 9.41. The molecule has 9 heteroatoms. The highest BCUT2D eigenvalue weighted by Gasteiger charge is 2.31. The van der Waals surface area contributed by atoms with Gasteiger partial charge < -0.3 is 15.2 Å². The summed E-state index contributed by atoms with van der Waals surface area (Å²) in [7, 11) is 0. The number of hydrogen-bond acceptors (Lipinski definition) is 6. The number of fused-ring (bicyclic) bond motifs is 1. The molecule has 1 amide bonds. The molecule has 0 spiro atoms. The number of carbonyl (C=O) groups excluding carboxylic acids is 1. The number of aromatic nitrogens is 3. The zero-order chi connectivity index (χ0) is 23.8. The number of nitrogens with zero attached hydrogens (tertiary/aromatic N) is 4. The molecule has 2 aromatic heterocycles. The monoisotopic (exact) mass is 563 g/mol. The van der Waals surface area contributed by atoms with Crippen LogP contribution in [0.2, 0.25) is 0 Å². The van der Waals surface area contributed by atoms with E-state index in [-0.39, 0.29) is 12.1 Å². The van der Waals surface area contributed by atoms with Crippen molar-refractivity contribution in [3.63, 3.8) is 0 Å². The lowest BCUT2D eigenvalue weighted by Gasteiger charge is -2.30. The van der Waals surface area contributed by atoms with Gasteiger partial charge in [-0.05, 0) is 100 Å². The minimum Gasteiger partial charge on any atom is -0.474 e. The van der Waals surface area contributed by atoms with Gasteiger partial charge in [-0.1, -0.05) is 0 Å². The minimum absolute atomic E-state index is 0.0440. The molecule has 33 heavy (non-hydrogen) atoms. The molecular formula is C24H30IN5O3. The number of rotatable bonds is 4. The molecule has 1 aliphatic carbocycles. The molecule has 0 saturated heterocycles. The van der Waals surface area contributed by atoms with Crippen LogP contribution in [0.5, 0.6) is 5.88 Å². The Labute approximate surface area is 207 Å². The predicted molar refractivity (Wildman–Crippen MR) is 136 cm³/mol. The molecule has 2 heterocycles. The van der Waals surface area contributed by atoms with Crippen LogP contribution < -0.4 is 15.4 Å². The molecule has 176 valence electrons. The van der Waals surface area contributed by atoms with Gasteiger partial charge in [0.1, 0.15) is 11.7 Å². The first-order valence-electron chi connectivity index (χ1n) is 11.2. The lowest BCUT2D eigenvalue weighted by Crippen LogP contribution is -2.36. The number of ether oxygens (including phenoxy) is 2. The summed E-state index contributed by atoms with van der Waals surface area (Å²) in [4.78, 5) is 19.7. The average Bonchev–Trinajstić information content (AvgIpc) is 3.20. The third-order valence-corrected chi connectivity index (χ3v) is 6.28. The molecule has 0 unspecified atom stereocenters. The number of nitrogens with two attached hydrogens (primary N) is 1. The van der Waals surface area contributed by atoms with Crippen molar-refractivity contribution in [2.24, 2.45) is 5.73 Å². The van der Waals surface area contributed by atoms with Crippen LogP contribution in [0.25, 0.3) is 5.65 Å². The first kappa shape index (κ1) is 23.7. The zero-order valence-electron chi connectivity index (χ0n) is 19.4. The molecule has 8 nitrogen and oxygen atoms in total. The van der Waals surface area contributed by atoms with Crippen molar-refractivity contribution in [2.45, 2.75) is 71.1 Å². The number of carbonyl (C=O) groups is 1. The van der Waals surface area contributed by atoms with Crippen molar-refractivity contribution in [3.05, 3.63) is 45.7 Å². The molecule has 1 aliphatic rings. The summed E-state index contributed by atoms with van der Waals surface area (Å²) in [6.45, 7) is 7.45. The van der Waals surface area contributed by atoms with E-state index in [9.17, 15) is 4.79 Å². The van der Waals surface area contributed by atoms with Gasteiger partial charge in [-0.15, -0.1) is 0 Å². The minimum atomic E-state index is -0.664. The quantitative estimate of drug-likeness (QED) is 0.430. The Morgan fingerprint density at radius 2 is 1.82 bits per heavy atom. The summed E-state index contributed by atoms with van der Waals surface area (Å²) in [6.07, 6.45) is 4.84. The Morgan fingerprint density at radius 3 is 2.45 bits per heavy atom. The maximum Gasteiger partial charge on any atom is 0.420 e. The van der Waals surface area contributed by atoms with Gasteiger partial charge >= 0.3 is 6.09 Å². The maximum atomic E-state index is 13.5. The fraction of sp³-hybridized carbons (Fsp3) is 0.458. The fourth-order valence-corrected chi connectivity index (χ4v) is 4.30. The Hall–Kier alpha value is -2.40. The van der Waals surface area contributed by atoms with Gasteiger partial charge in [0.05, 0.1) is 17.4 Å². The molecule has 4 rings (SSSR count). The van der Waals surface area contributed by atoms with Crippen molar-refractivity contribution >= 4 is 45.8 Å². The Bertz CT molecular complexity index is 1130. The van der Waals surface area contributed by atoms with Crippen LogP contribution in [0, 0.1) is 10.5 Å². The van der Waals surface area contributed by atoms with Gasteiger partial charge in [0.25, 0.3) is 0 Å². The van der Waals surface area contributed by atoms with Crippen LogP contribution >= 0.6 is 22.6 Å². The maximum absolute atomic E-state index is 13.5. The van der Waals surface area contributed by atoms with Crippen LogP contribution in [0.1, 0.15) is 52.0 Å². The molecule has 3 aromatic rings. The van der Waals surface area contributed by atoms with Crippen molar-refractivity contribution in [1.82, 2.24) is 14.6 Å². The standard InChI is InChI=1S/C24H30IN5O3/c1-15-21(32-19-11-7-17(26)8-12-19)28-20-13-14-27-30(20)22(15)29(23(31)33-24(2,3)4)18-9-5-16(25)6-10-18/h5-6,9-10,13-14,17,19H,7-8,11-12,26H2,1-4H3/t17-,19-. The second-order valence-corrected chi connectivity index (χ2v) is 10.7. The molecule has 2 N–H and O–H groups in total. The van der Waals surface area contributed by atoms with Crippen LogP contribution in [0.15, 0.2) is 36.5 Å². The molecule has 0 radical (unpaired) electrons. The van der Waals surface area contributed by atoms with E-state index < -0.39 is 11.7 Å². The third kappa shape index (κ3) is 5.40. The third-order valence-electron chi connectivity index (χ3n) is 5.57. The van der Waals surface area contributed by atoms with E-state index in [1.165, 1.54) is 0 Å². The smallest absolute Gasteiger partial charge is 0.420 e. The number of amides is 1. The Kier molecular flexibility index (Phi) is 6.81. The Balaban J connectivity index is 1.82. The van der Waals surface area contributed by atoms with Crippen LogP contribution in [0.3, 0.4) is 0 Å². The highest BCUT2D eigenvalue weighted by atomic mass is 127. The molecule has 1 saturated carbocycles. The fourth-order valence-electron chi connectivity index (χ4n) is 3.94. The van der Waals surface area contributed by atoms with Crippen LogP contribution in [-0.4, -0.2) is 38.4 Å². The van der Waals surface area contributed by atoms with Gasteiger partial charge in [0, 0.05) is 15.7 Å². The lowest BCUT2D eigenvalue weighted by molar-refractivity contribution is 0.0597. The number of halogens is 1. The van der Waals surface area contributed by atoms with Gasteiger partial charge in [0.15, 0.2) is 11.5 Å². The van der Waals surface area contributed by atoms with Crippen LogP contribution in [0.4, 0.5) is 16.3 Å². The molecule has 1 fully saturated rings. The molecule has 0 atom stereocenters. The van der Waals surface area contributed by atoms with Crippen molar-refractivity contribution in [2.75, 3.05) is 4.90 Å². The molecule has 1 aromatic carbocycles. The van der Waals surface area contributed by atoms with Gasteiger partial charge in [0.2, 0.25) is 5.88 Å². The van der Waals surface area contributed by atoms with Crippen molar-refractivity contribution in [1.29, 1.82) is 0 Å². The van der Waals surface area contributed by atoms with Crippen LogP contribution in [-0.2, 0) is 4.74 Å². The van der Waals surface area contributed by atoms with E-state index in [1.54, 1.807) is 21.7 Å². The zero-order valence-corrected chi connectivity index (χ0v) is 21.6. The van der Waals surface area contributed by atoms with E-state index in [1.807, 2.05) is 52.0 Å². The normalized spacial score (nSPS) is 18.8. The Morgan fingerprint density at radius 1 is 1.15 bits per heavy atom. The van der Waals surface area contributed by atoms with Crippen molar-refractivity contribution < 1.29 is 14.3 Å². The summed E-state index contributed by atoms with van der Waals surface area (Å²) in [5.41, 5.74) is 7.38. The van der Waals surface area contributed by atoms with Gasteiger partial charge in [-0.25, -0.2) is 9.69 Å². The van der Waals surface area contributed by atoms with E-state index in [2.05, 4.69) is 27.7 Å². The topological polar surface area (TPSA) is 95.0 Å².